The second-order valence-electron chi connectivity index (χ2n) is 2.36. The lowest BCUT2D eigenvalue weighted by atomic mass is 10.2. The second-order valence-corrected chi connectivity index (χ2v) is 2.36. The van der Waals surface area contributed by atoms with Crippen LogP contribution in [0.3, 0.4) is 0 Å². The van der Waals surface area contributed by atoms with E-state index in [2.05, 4.69) is 14.7 Å². The molecule has 1 aromatic rings. The first-order chi connectivity index (χ1) is 5.74. The molecule has 0 aliphatic heterocycles. The van der Waals surface area contributed by atoms with Crippen molar-refractivity contribution in [3.63, 3.8) is 0 Å². The quantitative estimate of drug-likeness (QED) is 0.623. The number of nitrogens with two attached hydrogens (primary N) is 1. The molecular formula is C7H11N3O2. The lowest BCUT2D eigenvalue weighted by Gasteiger charge is -2.05. The molecule has 5 nitrogen and oxygen atoms in total. The predicted molar refractivity (Wildman–Crippen MR) is 42.1 cm³/mol. The molecule has 3 N–H and O–H groups in total. The lowest BCUT2D eigenvalue weighted by Crippen LogP contribution is -2.17. The van der Waals surface area contributed by atoms with Crippen LogP contribution in [0.2, 0.25) is 0 Å². The Bertz CT molecular complexity index is 245. The summed E-state index contributed by atoms with van der Waals surface area (Å²) >= 11 is 0. The first-order valence-corrected chi connectivity index (χ1v) is 3.55. The topological polar surface area (TPSA) is 81.0 Å². The van der Waals surface area contributed by atoms with Crippen LogP contribution in [0, 0.1) is 0 Å². The summed E-state index contributed by atoms with van der Waals surface area (Å²) < 4.78 is 4.46. The van der Waals surface area contributed by atoms with Gasteiger partial charge in [0.2, 0.25) is 0 Å². The van der Waals surface area contributed by atoms with E-state index in [1.165, 1.54) is 7.11 Å². The van der Waals surface area contributed by atoms with Crippen molar-refractivity contribution in [2.24, 2.45) is 5.73 Å². The summed E-state index contributed by atoms with van der Waals surface area (Å²) in [5, 5.41) is 0. The average molecular weight is 169 g/mol. The number of aromatic amines is 1. The summed E-state index contributed by atoms with van der Waals surface area (Å²) in [6.45, 7) is 0. The Hall–Kier alpha value is -1.36. The van der Waals surface area contributed by atoms with Gasteiger partial charge in [-0.2, -0.15) is 0 Å². The number of carbonyl (C=O) groups excluding carboxylic acids is 1. The maximum Gasteiger partial charge on any atom is 0.307 e. The molecule has 0 amide bonds. The Morgan fingerprint density at radius 1 is 1.92 bits per heavy atom. The van der Waals surface area contributed by atoms with E-state index in [-0.39, 0.29) is 12.4 Å². The maximum absolute atomic E-state index is 10.8. The average Bonchev–Trinajstić information content (AvgIpc) is 2.56. The number of methoxy groups -OCH3 is 1. The predicted octanol–water partition coefficient (Wildman–Crippen LogP) is -0.0274. The smallest absolute Gasteiger partial charge is 0.307 e. The number of H-pyrrole nitrogens is 1. The first kappa shape index (κ1) is 8.73. The molecule has 1 atom stereocenters. The van der Waals surface area contributed by atoms with Crippen LogP contribution in [0.5, 0.6) is 0 Å². The van der Waals surface area contributed by atoms with E-state index in [0.29, 0.717) is 5.82 Å². The number of esters is 1. The van der Waals surface area contributed by atoms with E-state index in [0.717, 1.165) is 0 Å². The number of aromatic nitrogens is 2. The van der Waals surface area contributed by atoms with Gasteiger partial charge >= 0.3 is 5.97 Å². The van der Waals surface area contributed by atoms with Gasteiger partial charge in [0.25, 0.3) is 0 Å². The van der Waals surface area contributed by atoms with Crippen LogP contribution >= 0.6 is 0 Å². The summed E-state index contributed by atoms with van der Waals surface area (Å²) in [5.41, 5.74) is 5.62. The molecule has 66 valence electrons. The van der Waals surface area contributed by atoms with Crippen LogP contribution in [0.15, 0.2) is 12.4 Å². The number of hydrogen-bond donors (Lipinski definition) is 2. The molecule has 5 heteroatoms. The third-order valence-corrected chi connectivity index (χ3v) is 1.48. The van der Waals surface area contributed by atoms with Crippen LogP contribution in [-0.4, -0.2) is 23.0 Å². The maximum atomic E-state index is 10.8. The van der Waals surface area contributed by atoms with E-state index < -0.39 is 6.04 Å². The molecule has 0 radical (unpaired) electrons. The molecule has 0 saturated heterocycles. The standard InChI is InChI=1S/C7H11N3O2/c1-12-6(11)4-5(8)7-9-2-3-10-7/h2-3,5H,4,8H2,1H3,(H,9,10). The normalized spacial score (nSPS) is 12.5. The second kappa shape index (κ2) is 3.87. The number of carbonyl (C=O) groups is 1. The van der Waals surface area contributed by atoms with Crippen LogP contribution in [0.1, 0.15) is 18.3 Å². The Balaban J connectivity index is 2.49. The molecular weight excluding hydrogens is 158 g/mol. The van der Waals surface area contributed by atoms with Gasteiger partial charge in [0.05, 0.1) is 19.6 Å². The molecule has 0 fully saturated rings. The fourth-order valence-corrected chi connectivity index (χ4v) is 0.840. The number of hydrogen-bond acceptors (Lipinski definition) is 4. The van der Waals surface area contributed by atoms with Crippen LogP contribution in [0.4, 0.5) is 0 Å². The number of ether oxygens (including phenoxy) is 1. The van der Waals surface area contributed by atoms with E-state index in [1.807, 2.05) is 0 Å². The largest absolute Gasteiger partial charge is 0.469 e. The van der Waals surface area contributed by atoms with Crippen molar-refractivity contribution in [3.05, 3.63) is 18.2 Å². The van der Waals surface area contributed by atoms with Crippen molar-refractivity contribution in [3.8, 4) is 0 Å². The minimum absolute atomic E-state index is 0.143. The molecule has 0 bridgehead atoms. The SMILES string of the molecule is COC(=O)CC(N)c1ncc[nH]1. The van der Waals surface area contributed by atoms with Crippen molar-refractivity contribution in [2.75, 3.05) is 7.11 Å². The van der Waals surface area contributed by atoms with Crippen LogP contribution in [0.25, 0.3) is 0 Å². The number of rotatable bonds is 3. The third-order valence-electron chi connectivity index (χ3n) is 1.48. The zero-order valence-corrected chi connectivity index (χ0v) is 6.78. The highest BCUT2D eigenvalue weighted by Crippen LogP contribution is 2.08. The summed E-state index contributed by atoms with van der Waals surface area (Å²) in [6, 6.07) is -0.410. The number of nitrogens with one attached hydrogen (secondary N) is 1. The highest BCUT2D eigenvalue weighted by molar-refractivity contribution is 5.69. The third kappa shape index (κ3) is 2.06. The Kier molecular flexibility index (Phi) is 2.82. The summed E-state index contributed by atoms with van der Waals surface area (Å²) in [7, 11) is 1.33. The van der Waals surface area contributed by atoms with Gasteiger partial charge < -0.3 is 15.5 Å². The first-order valence-electron chi connectivity index (χ1n) is 3.55. The molecule has 0 spiro atoms. The fraction of sp³-hybridized carbons (Fsp3) is 0.429. The molecule has 1 unspecified atom stereocenters. The van der Waals surface area contributed by atoms with Crippen molar-refractivity contribution in [2.45, 2.75) is 12.5 Å². The van der Waals surface area contributed by atoms with Gasteiger partial charge in [0, 0.05) is 12.4 Å². The Labute approximate surface area is 69.9 Å². The zero-order chi connectivity index (χ0) is 8.97. The van der Waals surface area contributed by atoms with Gasteiger partial charge in [0.15, 0.2) is 0 Å². The lowest BCUT2D eigenvalue weighted by molar-refractivity contribution is -0.141. The summed E-state index contributed by atoms with van der Waals surface area (Å²) in [6.07, 6.45) is 3.39. The van der Waals surface area contributed by atoms with Gasteiger partial charge in [-0.05, 0) is 0 Å². The molecule has 1 rings (SSSR count). The van der Waals surface area contributed by atoms with Gasteiger partial charge in [-0.15, -0.1) is 0 Å². The van der Waals surface area contributed by atoms with Gasteiger partial charge in [0.1, 0.15) is 5.82 Å². The fourth-order valence-electron chi connectivity index (χ4n) is 0.840. The number of nitrogens with zero attached hydrogens (tertiary/aromatic N) is 1. The molecule has 0 aliphatic carbocycles. The summed E-state index contributed by atoms with van der Waals surface area (Å²) in [5.74, 6) is 0.263. The van der Waals surface area contributed by atoms with Crippen molar-refractivity contribution < 1.29 is 9.53 Å². The minimum atomic E-state index is -0.410. The zero-order valence-electron chi connectivity index (χ0n) is 6.78. The Morgan fingerprint density at radius 2 is 2.67 bits per heavy atom. The van der Waals surface area contributed by atoms with Crippen LogP contribution < -0.4 is 5.73 Å². The highest BCUT2D eigenvalue weighted by atomic mass is 16.5. The molecule has 1 aromatic heterocycles. The minimum Gasteiger partial charge on any atom is -0.469 e. The Morgan fingerprint density at radius 3 is 3.17 bits per heavy atom. The van der Waals surface area contributed by atoms with E-state index in [4.69, 9.17) is 5.73 Å². The highest BCUT2D eigenvalue weighted by Gasteiger charge is 2.13. The van der Waals surface area contributed by atoms with Gasteiger partial charge in [-0.3, -0.25) is 4.79 Å². The van der Waals surface area contributed by atoms with Crippen molar-refractivity contribution >= 4 is 5.97 Å². The molecule has 0 saturated carbocycles. The molecule has 1 heterocycles. The van der Waals surface area contributed by atoms with E-state index in [1.54, 1.807) is 12.4 Å². The molecule has 0 aliphatic rings. The van der Waals surface area contributed by atoms with Gasteiger partial charge in [-0.1, -0.05) is 0 Å². The van der Waals surface area contributed by atoms with Crippen LogP contribution in [-0.2, 0) is 9.53 Å². The van der Waals surface area contributed by atoms with Gasteiger partial charge in [-0.25, -0.2) is 4.98 Å². The van der Waals surface area contributed by atoms with Crippen molar-refractivity contribution in [1.29, 1.82) is 0 Å². The van der Waals surface area contributed by atoms with Crippen molar-refractivity contribution in [1.82, 2.24) is 9.97 Å². The van der Waals surface area contributed by atoms with E-state index in [9.17, 15) is 4.79 Å². The number of imidazole rings is 1. The molecule has 0 aromatic carbocycles. The summed E-state index contributed by atoms with van der Waals surface area (Å²) in [4.78, 5) is 17.5. The van der Waals surface area contributed by atoms with E-state index >= 15 is 0 Å². The monoisotopic (exact) mass is 169 g/mol. The molecule has 12 heavy (non-hydrogen) atoms.